The van der Waals surface area contributed by atoms with Crippen molar-refractivity contribution in [1.29, 1.82) is 0 Å². The highest BCUT2D eigenvalue weighted by Crippen LogP contribution is 2.16. The van der Waals surface area contributed by atoms with Crippen LogP contribution in [0, 0.1) is 0 Å². The molecule has 0 aliphatic rings. The van der Waals surface area contributed by atoms with Crippen LogP contribution < -0.4 is 0 Å². The summed E-state index contributed by atoms with van der Waals surface area (Å²) in [6, 6.07) is 17.8. The Morgan fingerprint density at radius 2 is 1.95 bits per heavy atom. The second-order valence-corrected chi connectivity index (χ2v) is 4.21. The van der Waals surface area contributed by atoms with E-state index in [0.29, 0.717) is 6.61 Å². The lowest BCUT2D eigenvalue weighted by atomic mass is 10.2. The number of nitrogens with zero attached hydrogens (tertiary/aromatic N) is 1. The van der Waals surface area contributed by atoms with Crippen molar-refractivity contribution in [2.75, 3.05) is 0 Å². The summed E-state index contributed by atoms with van der Waals surface area (Å²) in [6.07, 6.45) is 3.36. The average molecular weight is 251 g/mol. The molecule has 0 fully saturated rings. The predicted octanol–water partition coefficient (Wildman–Crippen LogP) is 3.98. The van der Waals surface area contributed by atoms with Gasteiger partial charge in [0.25, 0.3) is 0 Å². The highest BCUT2D eigenvalue weighted by molar-refractivity contribution is 5.87. The minimum atomic E-state index is 0.473. The summed E-state index contributed by atoms with van der Waals surface area (Å²) >= 11 is 0. The summed E-state index contributed by atoms with van der Waals surface area (Å²) in [7, 11) is 0. The molecule has 3 nitrogen and oxygen atoms in total. The van der Waals surface area contributed by atoms with Crippen molar-refractivity contribution in [1.82, 2.24) is 0 Å². The molecular formula is C16H13NO2. The van der Waals surface area contributed by atoms with E-state index in [2.05, 4.69) is 5.16 Å². The molecule has 0 bridgehead atoms. The van der Waals surface area contributed by atoms with Crippen molar-refractivity contribution in [2.24, 2.45) is 5.16 Å². The van der Waals surface area contributed by atoms with Crippen molar-refractivity contribution in [2.45, 2.75) is 6.61 Å². The van der Waals surface area contributed by atoms with Crippen LogP contribution in [0.5, 0.6) is 0 Å². The average Bonchev–Trinajstić information content (AvgIpc) is 2.92. The molecule has 94 valence electrons. The van der Waals surface area contributed by atoms with Crippen molar-refractivity contribution in [3.63, 3.8) is 0 Å². The number of hydrogen-bond acceptors (Lipinski definition) is 3. The van der Waals surface area contributed by atoms with Crippen LogP contribution in [-0.4, -0.2) is 6.21 Å². The SMILES string of the molecule is C(=NOCc1ccccc1)c1ccc2ccoc2c1. The summed E-state index contributed by atoms with van der Waals surface area (Å²) < 4.78 is 5.33. The van der Waals surface area contributed by atoms with Gasteiger partial charge in [0.15, 0.2) is 0 Å². The molecule has 0 aliphatic heterocycles. The zero-order valence-corrected chi connectivity index (χ0v) is 10.3. The number of rotatable bonds is 4. The van der Waals surface area contributed by atoms with Gasteiger partial charge in [0.05, 0.1) is 12.5 Å². The molecule has 0 radical (unpaired) electrons. The standard InChI is InChI=1S/C16H13NO2/c1-2-4-13(5-3-1)12-19-17-11-14-6-7-15-8-9-18-16(15)10-14/h1-11H,12H2. The zero-order chi connectivity index (χ0) is 12.9. The molecule has 3 aromatic rings. The number of furan rings is 1. The molecule has 0 atom stereocenters. The van der Waals surface area contributed by atoms with Crippen LogP contribution in [-0.2, 0) is 11.4 Å². The van der Waals surface area contributed by atoms with Gasteiger partial charge in [-0.3, -0.25) is 0 Å². The van der Waals surface area contributed by atoms with Crippen molar-refractivity contribution in [3.05, 3.63) is 72.0 Å². The Morgan fingerprint density at radius 1 is 1.05 bits per heavy atom. The zero-order valence-electron chi connectivity index (χ0n) is 10.3. The van der Waals surface area contributed by atoms with E-state index in [1.165, 1.54) is 0 Å². The number of benzene rings is 2. The van der Waals surface area contributed by atoms with Crippen LogP contribution in [0.2, 0.25) is 0 Å². The van der Waals surface area contributed by atoms with Crippen LogP contribution in [0.25, 0.3) is 11.0 Å². The molecule has 0 aliphatic carbocycles. The molecule has 0 unspecified atom stereocenters. The highest BCUT2D eigenvalue weighted by atomic mass is 16.6. The van der Waals surface area contributed by atoms with Crippen LogP contribution in [0.15, 0.2) is 70.4 Å². The van der Waals surface area contributed by atoms with Gasteiger partial charge in [-0.15, -0.1) is 0 Å². The smallest absolute Gasteiger partial charge is 0.142 e. The number of oxime groups is 1. The fraction of sp³-hybridized carbons (Fsp3) is 0.0625. The second-order valence-electron chi connectivity index (χ2n) is 4.21. The third-order valence-corrected chi connectivity index (χ3v) is 2.83. The van der Waals surface area contributed by atoms with E-state index in [4.69, 9.17) is 9.25 Å². The molecule has 0 amide bonds. The number of hydrogen-bond donors (Lipinski definition) is 0. The van der Waals surface area contributed by atoms with E-state index in [0.717, 1.165) is 22.1 Å². The lowest BCUT2D eigenvalue weighted by Gasteiger charge is -1.98. The monoisotopic (exact) mass is 251 g/mol. The molecule has 0 N–H and O–H groups in total. The quantitative estimate of drug-likeness (QED) is 0.519. The third kappa shape index (κ3) is 2.83. The fourth-order valence-corrected chi connectivity index (χ4v) is 1.84. The first-order chi connectivity index (χ1) is 9.42. The Labute approximate surface area is 111 Å². The lowest BCUT2D eigenvalue weighted by molar-refractivity contribution is 0.132. The molecular weight excluding hydrogens is 238 g/mol. The first-order valence-electron chi connectivity index (χ1n) is 6.08. The van der Waals surface area contributed by atoms with Crippen molar-refractivity contribution in [3.8, 4) is 0 Å². The third-order valence-electron chi connectivity index (χ3n) is 2.83. The Hall–Kier alpha value is -2.55. The van der Waals surface area contributed by atoms with Gasteiger partial charge < -0.3 is 9.25 Å². The molecule has 3 heteroatoms. The topological polar surface area (TPSA) is 34.7 Å². The Morgan fingerprint density at radius 3 is 2.84 bits per heavy atom. The minimum Gasteiger partial charge on any atom is -0.464 e. The van der Waals surface area contributed by atoms with Gasteiger partial charge in [-0.25, -0.2) is 0 Å². The van der Waals surface area contributed by atoms with Crippen LogP contribution in [0.3, 0.4) is 0 Å². The van der Waals surface area contributed by atoms with Crippen LogP contribution in [0.1, 0.15) is 11.1 Å². The molecule has 1 aromatic heterocycles. The summed E-state index contributed by atoms with van der Waals surface area (Å²) in [5.41, 5.74) is 2.91. The summed E-state index contributed by atoms with van der Waals surface area (Å²) in [5.74, 6) is 0. The summed E-state index contributed by atoms with van der Waals surface area (Å²) in [4.78, 5) is 5.26. The summed E-state index contributed by atoms with van der Waals surface area (Å²) in [5, 5.41) is 5.05. The lowest BCUT2D eigenvalue weighted by Crippen LogP contribution is -1.87. The van der Waals surface area contributed by atoms with E-state index in [9.17, 15) is 0 Å². The fourth-order valence-electron chi connectivity index (χ4n) is 1.84. The predicted molar refractivity (Wildman–Crippen MR) is 75.0 cm³/mol. The van der Waals surface area contributed by atoms with Crippen LogP contribution >= 0.6 is 0 Å². The molecule has 0 saturated heterocycles. The maximum absolute atomic E-state index is 5.33. The normalized spacial score (nSPS) is 11.2. The van der Waals surface area contributed by atoms with Gasteiger partial charge in [0, 0.05) is 5.39 Å². The van der Waals surface area contributed by atoms with Crippen molar-refractivity contribution < 1.29 is 9.25 Å². The maximum atomic E-state index is 5.33. The van der Waals surface area contributed by atoms with E-state index in [1.807, 2.05) is 54.6 Å². The van der Waals surface area contributed by atoms with Gasteiger partial charge >= 0.3 is 0 Å². The Kier molecular flexibility index (Phi) is 3.28. The molecule has 1 heterocycles. The Balaban J connectivity index is 1.62. The molecule has 0 saturated carbocycles. The van der Waals surface area contributed by atoms with E-state index in [-0.39, 0.29) is 0 Å². The minimum absolute atomic E-state index is 0.473. The molecule has 19 heavy (non-hydrogen) atoms. The first-order valence-corrected chi connectivity index (χ1v) is 6.08. The second kappa shape index (κ2) is 5.40. The Bertz CT molecular complexity index is 686. The first kappa shape index (κ1) is 11.5. The van der Waals surface area contributed by atoms with E-state index < -0.39 is 0 Å². The van der Waals surface area contributed by atoms with Gasteiger partial charge in [-0.2, -0.15) is 0 Å². The maximum Gasteiger partial charge on any atom is 0.142 e. The summed E-state index contributed by atoms with van der Waals surface area (Å²) in [6.45, 7) is 0.473. The van der Waals surface area contributed by atoms with Gasteiger partial charge in [0.2, 0.25) is 0 Å². The highest BCUT2D eigenvalue weighted by Gasteiger charge is 1.97. The molecule has 0 spiro atoms. The largest absolute Gasteiger partial charge is 0.464 e. The van der Waals surface area contributed by atoms with Gasteiger partial charge in [0.1, 0.15) is 12.2 Å². The van der Waals surface area contributed by atoms with E-state index >= 15 is 0 Å². The van der Waals surface area contributed by atoms with Crippen molar-refractivity contribution >= 4 is 17.2 Å². The van der Waals surface area contributed by atoms with E-state index in [1.54, 1.807) is 12.5 Å². The van der Waals surface area contributed by atoms with Crippen LogP contribution in [0.4, 0.5) is 0 Å². The van der Waals surface area contributed by atoms with Gasteiger partial charge in [-0.1, -0.05) is 47.6 Å². The molecule has 3 rings (SSSR count). The number of fused-ring (bicyclic) bond motifs is 1. The van der Waals surface area contributed by atoms with Gasteiger partial charge in [-0.05, 0) is 23.3 Å². The molecule has 2 aromatic carbocycles.